The zero-order valence-electron chi connectivity index (χ0n) is 15.1. The van der Waals surface area contributed by atoms with Gasteiger partial charge in [0, 0.05) is 18.5 Å². The number of aliphatic hydroxyl groups is 1. The summed E-state index contributed by atoms with van der Waals surface area (Å²) in [4.78, 5) is 12.3. The second kappa shape index (κ2) is 7.98. The molecule has 0 bridgehead atoms. The number of rotatable bonds is 6. The molecule has 3 aliphatic rings. The van der Waals surface area contributed by atoms with Gasteiger partial charge in [0.1, 0.15) is 5.38 Å². The Labute approximate surface area is 163 Å². The summed E-state index contributed by atoms with van der Waals surface area (Å²) in [5.74, 6) is 1.63. The van der Waals surface area contributed by atoms with Crippen LogP contribution in [0.3, 0.4) is 0 Å². The minimum absolute atomic E-state index is 0.166. The van der Waals surface area contributed by atoms with Gasteiger partial charge in [-0.3, -0.25) is 4.79 Å². The fraction of sp³-hybridized carbons (Fsp3) is 0.550. The lowest BCUT2D eigenvalue weighted by molar-refractivity contribution is -0.120. The Kier molecular flexibility index (Phi) is 5.45. The van der Waals surface area contributed by atoms with Crippen molar-refractivity contribution in [1.82, 2.24) is 10.6 Å². The van der Waals surface area contributed by atoms with E-state index in [1.54, 1.807) is 0 Å². The third-order valence-electron chi connectivity index (χ3n) is 5.63. The molecule has 1 aliphatic carbocycles. The molecule has 7 heteroatoms. The van der Waals surface area contributed by atoms with E-state index >= 15 is 0 Å². The molecule has 4 unspecified atom stereocenters. The van der Waals surface area contributed by atoms with Crippen molar-refractivity contribution in [3.05, 3.63) is 35.5 Å². The summed E-state index contributed by atoms with van der Waals surface area (Å²) < 4.78 is 10.6. The van der Waals surface area contributed by atoms with Gasteiger partial charge in [-0.2, -0.15) is 0 Å². The van der Waals surface area contributed by atoms with Gasteiger partial charge in [-0.15, -0.1) is 11.6 Å². The fourth-order valence-corrected chi connectivity index (χ4v) is 4.40. The first-order valence-electron chi connectivity index (χ1n) is 9.53. The van der Waals surface area contributed by atoms with Crippen LogP contribution in [0.25, 0.3) is 0 Å². The van der Waals surface area contributed by atoms with E-state index in [0.717, 1.165) is 37.0 Å². The third-order valence-corrected chi connectivity index (χ3v) is 5.98. The molecule has 1 fully saturated rings. The minimum Gasteiger partial charge on any atom is -0.454 e. The van der Waals surface area contributed by atoms with Gasteiger partial charge >= 0.3 is 0 Å². The van der Waals surface area contributed by atoms with E-state index in [9.17, 15) is 9.90 Å². The van der Waals surface area contributed by atoms with Crippen LogP contribution in [-0.4, -0.2) is 41.9 Å². The van der Waals surface area contributed by atoms with Crippen LogP contribution in [0, 0.1) is 5.92 Å². The summed E-state index contributed by atoms with van der Waals surface area (Å²) in [6.45, 7) is 0.781. The number of nitrogens with one attached hydrogen (secondary N) is 2. The predicted octanol–water partition coefficient (Wildman–Crippen LogP) is 2.09. The maximum Gasteiger partial charge on any atom is 0.238 e. The van der Waals surface area contributed by atoms with Gasteiger partial charge in [0.05, 0.1) is 6.10 Å². The normalized spacial score (nSPS) is 26.7. The van der Waals surface area contributed by atoms with Gasteiger partial charge in [-0.1, -0.05) is 6.07 Å². The average Bonchev–Trinajstić information content (AvgIpc) is 3.28. The summed E-state index contributed by atoms with van der Waals surface area (Å²) in [5, 5.41) is 15.6. The molecule has 1 amide bonds. The molecular weight excluding hydrogens is 368 g/mol. The summed E-state index contributed by atoms with van der Waals surface area (Å²) in [6.07, 6.45) is 5.73. The van der Waals surface area contributed by atoms with E-state index in [0.29, 0.717) is 30.7 Å². The molecule has 1 aromatic carbocycles. The number of aliphatic hydroxyl groups excluding tert-OH is 1. The molecule has 146 valence electrons. The van der Waals surface area contributed by atoms with Gasteiger partial charge in [-0.25, -0.2) is 0 Å². The summed E-state index contributed by atoms with van der Waals surface area (Å²) in [6, 6.07) is 6.05. The zero-order chi connectivity index (χ0) is 18.8. The van der Waals surface area contributed by atoms with Crippen LogP contribution in [0.15, 0.2) is 30.0 Å². The lowest BCUT2D eigenvalue weighted by atomic mass is 9.80. The van der Waals surface area contributed by atoms with Crippen molar-refractivity contribution in [3.8, 4) is 11.5 Å². The molecule has 1 aromatic rings. The Morgan fingerprint density at radius 3 is 3.07 bits per heavy atom. The first-order valence-corrected chi connectivity index (χ1v) is 9.97. The Morgan fingerprint density at radius 2 is 2.19 bits per heavy atom. The van der Waals surface area contributed by atoms with Gasteiger partial charge < -0.3 is 25.2 Å². The van der Waals surface area contributed by atoms with Gasteiger partial charge in [0.2, 0.25) is 12.7 Å². The zero-order valence-corrected chi connectivity index (χ0v) is 15.9. The maximum absolute atomic E-state index is 12.3. The minimum atomic E-state index is -0.634. The lowest BCUT2D eigenvalue weighted by Gasteiger charge is -2.30. The van der Waals surface area contributed by atoms with Crippen LogP contribution in [-0.2, 0) is 11.2 Å². The van der Waals surface area contributed by atoms with Crippen molar-refractivity contribution in [3.63, 3.8) is 0 Å². The number of fused-ring (bicyclic) bond motifs is 2. The Hall–Kier alpha value is -1.92. The van der Waals surface area contributed by atoms with Gasteiger partial charge in [-0.05, 0) is 61.6 Å². The van der Waals surface area contributed by atoms with E-state index < -0.39 is 5.38 Å². The number of alkyl halides is 1. The van der Waals surface area contributed by atoms with Gasteiger partial charge in [0.25, 0.3) is 0 Å². The number of ether oxygens (including phenoxy) is 2. The van der Waals surface area contributed by atoms with Crippen LogP contribution < -0.4 is 20.1 Å². The van der Waals surface area contributed by atoms with E-state index in [1.165, 1.54) is 5.57 Å². The Bertz CT molecular complexity index is 739. The summed E-state index contributed by atoms with van der Waals surface area (Å²) >= 11 is 6.30. The van der Waals surface area contributed by atoms with E-state index in [2.05, 4.69) is 16.8 Å². The molecule has 6 nitrogen and oxygen atoms in total. The fourth-order valence-electron chi connectivity index (χ4n) is 4.14. The smallest absolute Gasteiger partial charge is 0.238 e. The molecule has 4 atom stereocenters. The topological polar surface area (TPSA) is 79.8 Å². The highest BCUT2D eigenvalue weighted by Gasteiger charge is 2.34. The third kappa shape index (κ3) is 4.17. The molecule has 4 rings (SSSR count). The van der Waals surface area contributed by atoms with Crippen molar-refractivity contribution in [2.45, 2.75) is 49.6 Å². The van der Waals surface area contributed by atoms with Crippen LogP contribution in [0.4, 0.5) is 0 Å². The highest BCUT2D eigenvalue weighted by Crippen LogP contribution is 2.35. The number of hydrogen-bond donors (Lipinski definition) is 3. The van der Waals surface area contributed by atoms with Crippen molar-refractivity contribution in [2.24, 2.45) is 5.92 Å². The number of halogens is 1. The first-order chi connectivity index (χ1) is 13.1. The lowest BCUT2D eigenvalue weighted by Crippen LogP contribution is -2.36. The SMILES string of the molecule is O=C(NCCC1=CNC2CCC(O)CC12)C(Cl)Cc1ccc2c(c1)OCO2. The van der Waals surface area contributed by atoms with Crippen molar-refractivity contribution < 1.29 is 19.4 Å². The quantitative estimate of drug-likeness (QED) is 0.646. The summed E-state index contributed by atoms with van der Waals surface area (Å²) in [7, 11) is 0. The second-order valence-electron chi connectivity index (χ2n) is 7.47. The number of hydrogen-bond acceptors (Lipinski definition) is 5. The average molecular weight is 393 g/mol. The summed E-state index contributed by atoms with van der Waals surface area (Å²) in [5.41, 5.74) is 2.22. The highest BCUT2D eigenvalue weighted by molar-refractivity contribution is 6.30. The van der Waals surface area contributed by atoms with Crippen molar-refractivity contribution in [2.75, 3.05) is 13.3 Å². The molecule has 0 radical (unpaired) electrons. The molecule has 2 heterocycles. The first kappa shape index (κ1) is 18.4. The van der Waals surface area contributed by atoms with Crippen molar-refractivity contribution in [1.29, 1.82) is 0 Å². The largest absolute Gasteiger partial charge is 0.454 e. The standard InChI is InChI=1S/C20H25ClN2O4/c21-16(7-12-1-4-18-19(8-12)27-11-26-18)20(25)22-6-5-13-10-23-17-3-2-14(24)9-15(13)17/h1,4,8,10,14-17,23-24H,2-3,5-7,9,11H2,(H,22,25). The molecule has 2 aliphatic heterocycles. The Balaban J connectivity index is 1.23. The van der Waals surface area contributed by atoms with Gasteiger partial charge in [0.15, 0.2) is 11.5 Å². The van der Waals surface area contributed by atoms with Crippen LogP contribution in [0.1, 0.15) is 31.2 Å². The number of benzene rings is 1. The maximum atomic E-state index is 12.3. The molecule has 3 N–H and O–H groups in total. The van der Waals surface area contributed by atoms with Crippen LogP contribution >= 0.6 is 11.6 Å². The molecule has 1 saturated carbocycles. The second-order valence-corrected chi connectivity index (χ2v) is 7.99. The number of carbonyl (C=O) groups excluding carboxylic acids is 1. The van der Waals surface area contributed by atoms with Crippen molar-refractivity contribution >= 4 is 17.5 Å². The highest BCUT2D eigenvalue weighted by atomic mass is 35.5. The molecule has 0 aromatic heterocycles. The van der Waals surface area contributed by atoms with E-state index in [4.69, 9.17) is 21.1 Å². The molecular formula is C20H25ClN2O4. The number of amides is 1. The molecule has 27 heavy (non-hydrogen) atoms. The van der Waals surface area contributed by atoms with Crippen LogP contribution in [0.5, 0.6) is 11.5 Å². The number of carbonyl (C=O) groups is 1. The molecule has 0 saturated heterocycles. The van der Waals surface area contributed by atoms with E-state index in [1.807, 2.05) is 18.2 Å². The van der Waals surface area contributed by atoms with E-state index in [-0.39, 0.29) is 18.8 Å². The van der Waals surface area contributed by atoms with Crippen LogP contribution in [0.2, 0.25) is 0 Å². The monoisotopic (exact) mass is 392 g/mol. The predicted molar refractivity (Wildman–Crippen MR) is 102 cm³/mol. The molecule has 0 spiro atoms. The Morgan fingerprint density at radius 1 is 1.33 bits per heavy atom.